The smallest absolute Gasteiger partial charge is 0.123 e. The minimum absolute atomic E-state index is 0.206. The minimum Gasteiger partial charge on any atom is -0.373 e. The van der Waals surface area contributed by atoms with Gasteiger partial charge in [0, 0.05) is 0 Å². The van der Waals surface area contributed by atoms with Crippen molar-refractivity contribution in [1.82, 2.24) is 0 Å². The third-order valence-corrected chi connectivity index (χ3v) is 12.6. The molecular weight excluding hydrogens is 679 g/mol. The molecule has 0 aromatic heterocycles. The molecule has 0 aliphatic heterocycles. The number of hydrogen-bond acceptors (Lipinski definition) is 1. The van der Waals surface area contributed by atoms with Gasteiger partial charge >= 0.3 is 0 Å². The van der Waals surface area contributed by atoms with Crippen LogP contribution < -0.4 is 0 Å². The van der Waals surface area contributed by atoms with Crippen molar-refractivity contribution in [2.45, 2.75) is 117 Å². The molecule has 55 heavy (non-hydrogen) atoms. The summed E-state index contributed by atoms with van der Waals surface area (Å²) in [4.78, 5) is 0. The summed E-state index contributed by atoms with van der Waals surface area (Å²) in [5.41, 5.74) is 9.67. The molecule has 0 unspecified atom stereocenters. The van der Waals surface area contributed by atoms with E-state index in [-0.39, 0.29) is 11.6 Å². The van der Waals surface area contributed by atoms with E-state index in [1.165, 1.54) is 149 Å². The fourth-order valence-corrected chi connectivity index (χ4v) is 9.29. The van der Waals surface area contributed by atoms with Gasteiger partial charge in [0.15, 0.2) is 0 Å². The third kappa shape index (κ3) is 12.1. The fraction of sp³-hybridized carbons (Fsp3) is 0.462. The SMILES string of the molecule is CCCCC[C@H]1CC[C@H](C(=CCOCC=C(c2ccc(-c3ccc(F)cc3)cc2)[C@H]2CC[C@H](CCCCC)CC2)c2ccc(-c3ccc(F)cc3)cc2)CC1. The number of allylic oxidation sites excluding steroid dienone is 2. The summed E-state index contributed by atoms with van der Waals surface area (Å²) in [5, 5.41) is 0. The quantitative estimate of drug-likeness (QED) is 0.0923. The first-order valence-electron chi connectivity index (χ1n) is 21.7. The molecule has 0 heterocycles. The van der Waals surface area contributed by atoms with Crippen molar-refractivity contribution in [2.24, 2.45) is 23.7 Å². The molecule has 4 aromatic rings. The molecule has 292 valence electrons. The lowest BCUT2D eigenvalue weighted by Crippen LogP contribution is -2.17. The van der Waals surface area contributed by atoms with Gasteiger partial charge in [-0.2, -0.15) is 0 Å². The van der Waals surface area contributed by atoms with Crippen LogP contribution in [0.25, 0.3) is 33.4 Å². The minimum atomic E-state index is -0.206. The van der Waals surface area contributed by atoms with Gasteiger partial charge in [0.2, 0.25) is 0 Å². The molecule has 0 atom stereocenters. The molecule has 0 amide bonds. The summed E-state index contributed by atoms with van der Waals surface area (Å²) >= 11 is 0. The molecule has 2 aliphatic rings. The Morgan fingerprint density at radius 2 is 0.800 bits per heavy atom. The zero-order chi connectivity index (χ0) is 38.2. The molecule has 2 aliphatic carbocycles. The van der Waals surface area contributed by atoms with Crippen LogP contribution in [0.15, 0.2) is 109 Å². The fourth-order valence-electron chi connectivity index (χ4n) is 9.29. The summed E-state index contributed by atoms with van der Waals surface area (Å²) < 4.78 is 33.7. The maximum absolute atomic E-state index is 13.6. The van der Waals surface area contributed by atoms with Gasteiger partial charge in [0.25, 0.3) is 0 Å². The van der Waals surface area contributed by atoms with E-state index in [1.54, 1.807) is 0 Å². The van der Waals surface area contributed by atoms with Crippen molar-refractivity contribution in [1.29, 1.82) is 0 Å². The van der Waals surface area contributed by atoms with Gasteiger partial charge in [-0.15, -0.1) is 0 Å². The van der Waals surface area contributed by atoms with E-state index >= 15 is 0 Å². The van der Waals surface area contributed by atoms with Gasteiger partial charge < -0.3 is 4.74 Å². The molecule has 0 saturated heterocycles. The van der Waals surface area contributed by atoms with Crippen molar-refractivity contribution < 1.29 is 13.5 Å². The number of halogens is 2. The Labute approximate surface area is 331 Å². The van der Waals surface area contributed by atoms with Crippen molar-refractivity contribution in [3.63, 3.8) is 0 Å². The van der Waals surface area contributed by atoms with Crippen molar-refractivity contribution in [3.8, 4) is 22.3 Å². The number of hydrogen-bond donors (Lipinski definition) is 0. The van der Waals surface area contributed by atoms with E-state index < -0.39 is 0 Å². The first-order valence-corrected chi connectivity index (χ1v) is 21.7. The summed E-state index contributed by atoms with van der Waals surface area (Å²) in [5.74, 6) is 2.40. The lowest BCUT2D eigenvalue weighted by atomic mass is 9.75. The summed E-state index contributed by atoms with van der Waals surface area (Å²) in [7, 11) is 0. The predicted molar refractivity (Wildman–Crippen MR) is 230 cm³/mol. The largest absolute Gasteiger partial charge is 0.373 e. The standard InChI is InChI=1S/C52H64F2O/c1-3-5-7-9-39-11-15-45(16-12-39)51(47-23-19-41(20-24-47)43-27-31-49(53)32-28-43)35-37-55-38-36-52(46-17-13-40(14-18-46)10-8-6-4-2)48-25-21-42(22-26-48)44-29-33-50(54)34-30-44/h19-36,39-40,45-46H,3-18,37-38H2,1-2H3/t39-,40-,45-,46-. The molecule has 6 rings (SSSR count). The third-order valence-electron chi connectivity index (χ3n) is 12.6. The maximum atomic E-state index is 13.6. The van der Waals surface area contributed by atoms with Crippen LogP contribution in [0.2, 0.25) is 0 Å². The Morgan fingerprint density at radius 1 is 0.473 bits per heavy atom. The Kier molecular flexibility index (Phi) is 15.9. The van der Waals surface area contributed by atoms with Crippen LogP contribution in [0.4, 0.5) is 8.78 Å². The number of unbranched alkanes of at least 4 members (excludes halogenated alkanes) is 4. The highest BCUT2D eigenvalue weighted by Crippen LogP contribution is 2.41. The van der Waals surface area contributed by atoms with E-state index in [4.69, 9.17) is 4.74 Å². The second-order valence-electron chi connectivity index (χ2n) is 16.5. The van der Waals surface area contributed by atoms with Crippen LogP contribution in [0, 0.1) is 35.3 Å². The van der Waals surface area contributed by atoms with Crippen molar-refractivity contribution >= 4 is 11.1 Å². The van der Waals surface area contributed by atoms with Gasteiger partial charge in [0.05, 0.1) is 13.2 Å². The monoisotopic (exact) mass is 742 g/mol. The first kappa shape index (κ1) is 40.8. The second-order valence-corrected chi connectivity index (χ2v) is 16.5. The normalized spacial score (nSPS) is 20.8. The van der Waals surface area contributed by atoms with E-state index in [2.05, 4.69) is 74.5 Å². The predicted octanol–water partition coefficient (Wildman–Crippen LogP) is 15.6. The molecule has 2 fully saturated rings. The Morgan fingerprint density at radius 3 is 1.13 bits per heavy atom. The molecule has 0 bridgehead atoms. The van der Waals surface area contributed by atoms with Crippen molar-refractivity contribution in [3.05, 3.63) is 132 Å². The molecule has 1 nitrogen and oxygen atoms in total. The zero-order valence-electron chi connectivity index (χ0n) is 33.6. The highest BCUT2D eigenvalue weighted by Gasteiger charge is 2.26. The molecule has 4 aromatic carbocycles. The number of ether oxygens (including phenoxy) is 1. The van der Waals surface area contributed by atoms with Gasteiger partial charge in [-0.3, -0.25) is 0 Å². The van der Waals surface area contributed by atoms with Crippen LogP contribution in [0.5, 0.6) is 0 Å². The average Bonchev–Trinajstić information content (AvgIpc) is 3.22. The van der Waals surface area contributed by atoms with Crippen LogP contribution in [-0.4, -0.2) is 13.2 Å². The molecular formula is C52H64F2O. The summed E-state index contributed by atoms with van der Waals surface area (Å²) in [6.07, 6.45) is 25.7. The molecule has 0 radical (unpaired) electrons. The Bertz CT molecular complexity index is 1620. The van der Waals surface area contributed by atoms with Gasteiger partial charge in [-0.05, 0) is 144 Å². The van der Waals surface area contributed by atoms with Gasteiger partial charge in [-0.1, -0.05) is 150 Å². The highest BCUT2D eigenvalue weighted by molar-refractivity contribution is 5.73. The van der Waals surface area contributed by atoms with Crippen LogP contribution in [-0.2, 0) is 4.74 Å². The zero-order valence-corrected chi connectivity index (χ0v) is 33.6. The Hall–Kier alpha value is -3.82. The van der Waals surface area contributed by atoms with E-state index in [0.29, 0.717) is 25.0 Å². The summed E-state index contributed by atoms with van der Waals surface area (Å²) in [6, 6.07) is 31.3. The highest BCUT2D eigenvalue weighted by atomic mass is 19.1. The molecule has 2 saturated carbocycles. The van der Waals surface area contributed by atoms with Crippen molar-refractivity contribution in [2.75, 3.05) is 13.2 Å². The lowest BCUT2D eigenvalue weighted by Gasteiger charge is -2.31. The summed E-state index contributed by atoms with van der Waals surface area (Å²) in [6.45, 7) is 5.76. The van der Waals surface area contributed by atoms with Gasteiger partial charge in [0.1, 0.15) is 11.6 Å². The van der Waals surface area contributed by atoms with Gasteiger partial charge in [-0.25, -0.2) is 8.78 Å². The van der Waals surface area contributed by atoms with Crippen LogP contribution in [0.3, 0.4) is 0 Å². The van der Waals surface area contributed by atoms with Crippen LogP contribution >= 0.6 is 0 Å². The second kappa shape index (κ2) is 21.5. The lowest BCUT2D eigenvalue weighted by molar-refractivity contribution is 0.193. The molecule has 0 N–H and O–H groups in total. The van der Waals surface area contributed by atoms with E-state index in [9.17, 15) is 8.78 Å². The number of benzene rings is 4. The Balaban J connectivity index is 1.16. The first-order chi connectivity index (χ1) is 27.0. The maximum Gasteiger partial charge on any atom is 0.123 e. The average molecular weight is 743 g/mol. The van der Waals surface area contributed by atoms with Crippen LogP contribution in [0.1, 0.15) is 128 Å². The number of rotatable bonds is 18. The van der Waals surface area contributed by atoms with E-state index in [1.807, 2.05) is 24.3 Å². The molecule has 0 spiro atoms. The van der Waals surface area contributed by atoms with E-state index in [0.717, 1.165) is 34.1 Å². The topological polar surface area (TPSA) is 9.23 Å². The molecule has 3 heteroatoms.